The van der Waals surface area contributed by atoms with E-state index < -0.39 is 0 Å². The number of para-hydroxylation sites is 1. The summed E-state index contributed by atoms with van der Waals surface area (Å²) in [5, 5.41) is 0. The fourth-order valence-corrected chi connectivity index (χ4v) is 1.99. The van der Waals surface area contributed by atoms with Crippen molar-refractivity contribution in [2.24, 2.45) is 5.73 Å². The maximum Gasteiger partial charge on any atom is 0.119 e. The van der Waals surface area contributed by atoms with Crippen molar-refractivity contribution in [3.05, 3.63) is 65.7 Å². The summed E-state index contributed by atoms with van der Waals surface area (Å²) >= 11 is 0. The molecule has 0 heterocycles. The molecule has 2 N–H and O–H groups in total. The van der Waals surface area contributed by atoms with Crippen LogP contribution in [0.15, 0.2) is 54.6 Å². The first-order valence-electron chi connectivity index (χ1n) is 6.79. The summed E-state index contributed by atoms with van der Waals surface area (Å²) in [5.41, 5.74) is 8.72. The number of nitrogens with two attached hydrogens (primary N) is 1. The molecule has 0 fully saturated rings. The first kappa shape index (κ1) is 13.6. The van der Waals surface area contributed by atoms with E-state index in [0.29, 0.717) is 6.61 Å². The summed E-state index contributed by atoms with van der Waals surface area (Å²) in [4.78, 5) is 0. The van der Waals surface area contributed by atoms with Crippen LogP contribution in [0.2, 0.25) is 0 Å². The van der Waals surface area contributed by atoms with Gasteiger partial charge >= 0.3 is 0 Å². The molecule has 0 aromatic heterocycles. The van der Waals surface area contributed by atoms with Gasteiger partial charge in [-0.2, -0.15) is 0 Å². The Morgan fingerprint density at radius 1 is 0.947 bits per heavy atom. The molecule has 2 aromatic rings. The van der Waals surface area contributed by atoms with E-state index >= 15 is 0 Å². The second kappa shape index (κ2) is 6.95. The van der Waals surface area contributed by atoms with Gasteiger partial charge in [-0.3, -0.25) is 0 Å². The Labute approximate surface area is 115 Å². The maximum atomic E-state index is 6.10. The van der Waals surface area contributed by atoms with Crippen LogP contribution in [0.5, 0.6) is 5.75 Å². The summed E-state index contributed by atoms with van der Waals surface area (Å²) in [6, 6.07) is 18.5. The van der Waals surface area contributed by atoms with E-state index in [1.807, 2.05) is 30.3 Å². The molecule has 2 aromatic carbocycles. The normalized spacial score (nSPS) is 12.1. The molecule has 2 heteroatoms. The number of benzene rings is 2. The summed E-state index contributed by atoms with van der Waals surface area (Å²) in [6.07, 6.45) is 1.92. The average Bonchev–Trinajstić information content (AvgIpc) is 2.47. The summed E-state index contributed by atoms with van der Waals surface area (Å²) < 4.78 is 5.66. The van der Waals surface area contributed by atoms with Crippen molar-refractivity contribution in [3.63, 3.8) is 0 Å². The van der Waals surface area contributed by atoms with Gasteiger partial charge in [0.2, 0.25) is 0 Å². The lowest BCUT2D eigenvalue weighted by Gasteiger charge is -2.13. The minimum absolute atomic E-state index is 0.0210. The van der Waals surface area contributed by atoms with Crippen molar-refractivity contribution in [1.82, 2.24) is 0 Å². The van der Waals surface area contributed by atoms with E-state index in [1.54, 1.807) is 0 Å². The molecule has 0 saturated carbocycles. The van der Waals surface area contributed by atoms with Crippen LogP contribution in [0.4, 0.5) is 0 Å². The Balaban J connectivity index is 1.82. The molecule has 0 bridgehead atoms. The highest BCUT2D eigenvalue weighted by atomic mass is 16.5. The highest BCUT2D eigenvalue weighted by Crippen LogP contribution is 2.10. The van der Waals surface area contributed by atoms with E-state index in [4.69, 9.17) is 10.5 Å². The first-order chi connectivity index (χ1) is 9.28. The van der Waals surface area contributed by atoms with Gasteiger partial charge < -0.3 is 10.5 Å². The van der Waals surface area contributed by atoms with Crippen LogP contribution in [0.3, 0.4) is 0 Å². The lowest BCUT2D eigenvalue weighted by molar-refractivity contribution is 0.287. The van der Waals surface area contributed by atoms with Crippen LogP contribution in [-0.2, 0) is 12.8 Å². The fourth-order valence-electron chi connectivity index (χ4n) is 1.99. The quantitative estimate of drug-likeness (QED) is 0.860. The zero-order valence-electron chi connectivity index (χ0n) is 11.4. The van der Waals surface area contributed by atoms with Crippen molar-refractivity contribution in [1.29, 1.82) is 0 Å². The highest BCUT2D eigenvalue weighted by Gasteiger charge is 2.05. The van der Waals surface area contributed by atoms with Gasteiger partial charge in [0, 0.05) is 6.04 Å². The number of rotatable bonds is 6. The van der Waals surface area contributed by atoms with E-state index in [0.717, 1.165) is 18.6 Å². The molecule has 19 heavy (non-hydrogen) atoms. The number of ether oxygens (including phenoxy) is 1. The van der Waals surface area contributed by atoms with Crippen LogP contribution in [0, 0.1) is 0 Å². The van der Waals surface area contributed by atoms with Gasteiger partial charge in [-0.25, -0.2) is 0 Å². The zero-order chi connectivity index (χ0) is 13.5. The summed E-state index contributed by atoms with van der Waals surface area (Å²) in [7, 11) is 0. The van der Waals surface area contributed by atoms with Gasteiger partial charge in [0.25, 0.3) is 0 Å². The fraction of sp³-hybridized carbons (Fsp3) is 0.294. The second-order valence-electron chi connectivity index (χ2n) is 4.76. The Kier molecular flexibility index (Phi) is 4.99. The standard InChI is InChI=1S/C17H21NO/c1-2-14-8-10-15(11-9-14)12-16(18)13-19-17-6-4-3-5-7-17/h3-11,16H,2,12-13,18H2,1H3. The Hall–Kier alpha value is -1.80. The Morgan fingerprint density at radius 2 is 1.58 bits per heavy atom. The van der Waals surface area contributed by atoms with Crippen LogP contribution in [0.25, 0.3) is 0 Å². The third-order valence-corrected chi connectivity index (χ3v) is 3.14. The maximum absolute atomic E-state index is 6.10. The topological polar surface area (TPSA) is 35.2 Å². The van der Waals surface area contributed by atoms with Gasteiger partial charge in [-0.1, -0.05) is 49.4 Å². The zero-order valence-corrected chi connectivity index (χ0v) is 11.4. The molecule has 1 atom stereocenters. The molecular weight excluding hydrogens is 234 g/mol. The van der Waals surface area contributed by atoms with Gasteiger partial charge in [-0.15, -0.1) is 0 Å². The molecule has 0 aliphatic carbocycles. The number of aryl methyl sites for hydroxylation is 1. The van der Waals surface area contributed by atoms with E-state index in [2.05, 4.69) is 31.2 Å². The van der Waals surface area contributed by atoms with Gasteiger partial charge in [0.05, 0.1) is 0 Å². The first-order valence-corrected chi connectivity index (χ1v) is 6.79. The van der Waals surface area contributed by atoms with E-state index in [1.165, 1.54) is 11.1 Å². The number of hydrogen-bond acceptors (Lipinski definition) is 2. The lowest BCUT2D eigenvalue weighted by Crippen LogP contribution is -2.30. The Bertz CT molecular complexity index is 478. The predicted octanol–water partition coefficient (Wildman–Crippen LogP) is 3.20. The van der Waals surface area contributed by atoms with Crippen LogP contribution >= 0.6 is 0 Å². The largest absolute Gasteiger partial charge is 0.492 e. The molecule has 100 valence electrons. The molecular formula is C17H21NO. The smallest absolute Gasteiger partial charge is 0.119 e. The molecule has 0 aliphatic rings. The van der Waals surface area contributed by atoms with Crippen LogP contribution < -0.4 is 10.5 Å². The van der Waals surface area contributed by atoms with Crippen molar-refractivity contribution in [3.8, 4) is 5.75 Å². The highest BCUT2D eigenvalue weighted by molar-refractivity contribution is 5.23. The molecule has 0 aliphatic heterocycles. The van der Waals surface area contributed by atoms with E-state index in [-0.39, 0.29) is 6.04 Å². The summed E-state index contributed by atoms with van der Waals surface area (Å²) in [5.74, 6) is 0.874. The molecule has 2 rings (SSSR count). The third-order valence-electron chi connectivity index (χ3n) is 3.14. The van der Waals surface area contributed by atoms with Crippen molar-refractivity contribution in [2.45, 2.75) is 25.8 Å². The average molecular weight is 255 g/mol. The predicted molar refractivity (Wildman–Crippen MR) is 79.4 cm³/mol. The van der Waals surface area contributed by atoms with Gasteiger partial charge in [0.1, 0.15) is 12.4 Å². The number of hydrogen-bond donors (Lipinski definition) is 1. The van der Waals surface area contributed by atoms with Crippen molar-refractivity contribution in [2.75, 3.05) is 6.61 Å². The monoisotopic (exact) mass is 255 g/mol. The van der Waals surface area contributed by atoms with Crippen LogP contribution in [-0.4, -0.2) is 12.6 Å². The molecule has 0 amide bonds. The minimum atomic E-state index is 0.0210. The molecule has 0 saturated heterocycles. The lowest BCUT2D eigenvalue weighted by atomic mass is 10.0. The summed E-state index contributed by atoms with van der Waals surface area (Å²) in [6.45, 7) is 2.70. The SMILES string of the molecule is CCc1ccc(CC(N)COc2ccccc2)cc1. The van der Waals surface area contributed by atoms with Gasteiger partial charge in [0.15, 0.2) is 0 Å². The van der Waals surface area contributed by atoms with E-state index in [9.17, 15) is 0 Å². The van der Waals surface area contributed by atoms with Gasteiger partial charge in [-0.05, 0) is 36.1 Å². The van der Waals surface area contributed by atoms with Crippen molar-refractivity contribution >= 4 is 0 Å². The minimum Gasteiger partial charge on any atom is -0.492 e. The molecule has 2 nitrogen and oxygen atoms in total. The molecule has 0 radical (unpaired) electrons. The second-order valence-corrected chi connectivity index (χ2v) is 4.76. The molecule has 0 spiro atoms. The van der Waals surface area contributed by atoms with Crippen LogP contribution in [0.1, 0.15) is 18.1 Å². The third kappa shape index (κ3) is 4.42. The Morgan fingerprint density at radius 3 is 2.21 bits per heavy atom. The van der Waals surface area contributed by atoms with Crippen molar-refractivity contribution < 1.29 is 4.74 Å². The molecule has 1 unspecified atom stereocenters.